The molecule has 1 aromatic rings. The first-order valence-electron chi connectivity index (χ1n) is 11.3. The van der Waals surface area contributed by atoms with Gasteiger partial charge in [-0.2, -0.15) is 0 Å². The lowest BCUT2D eigenvalue weighted by Gasteiger charge is -2.17. The van der Waals surface area contributed by atoms with E-state index >= 15 is 0 Å². The largest absolute Gasteiger partial charge is 0.392 e. The number of nitrogens with one attached hydrogen (secondary N) is 3. The highest BCUT2D eigenvalue weighted by Gasteiger charge is 2.18. The van der Waals surface area contributed by atoms with E-state index in [1.165, 1.54) is 25.5 Å². The number of aliphatic hydroxyl groups excluding tert-OH is 1. The van der Waals surface area contributed by atoms with Crippen LogP contribution in [0.5, 0.6) is 0 Å². The van der Waals surface area contributed by atoms with Crippen molar-refractivity contribution in [1.29, 1.82) is 0 Å². The smallest absolute Gasteiger partial charge is 0.257 e. The van der Waals surface area contributed by atoms with E-state index in [0.29, 0.717) is 18.7 Å². The molecule has 0 saturated heterocycles. The molecule has 8 heteroatoms. The van der Waals surface area contributed by atoms with Crippen LogP contribution in [-0.2, 0) is 14.3 Å². The van der Waals surface area contributed by atoms with Gasteiger partial charge in [-0.15, -0.1) is 0 Å². The third kappa shape index (κ3) is 9.79. The Kier molecular flexibility index (Phi) is 12.6. The lowest BCUT2D eigenvalue weighted by Crippen LogP contribution is -2.37. The first-order valence-corrected chi connectivity index (χ1v) is 11.7. The van der Waals surface area contributed by atoms with Gasteiger partial charge < -0.3 is 20.5 Å². The number of methoxy groups -OCH3 is 1. The fraction of sp³-hybridized carbons (Fsp3) is 0.179. The van der Waals surface area contributed by atoms with Crippen molar-refractivity contribution in [1.82, 2.24) is 16.0 Å². The number of hydrogen-bond donors (Lipinski definition) is 4. The molecule has 0 spiro atoms. The molecule has 1 aliphatic carbocycles. The fourth-order valence-corrected chi connectivity index (χ4v) is 3.35. The van der Waals surface area contributed by atoms with Gasteiger partial charge in [0, 0.05) is 24.6 Å². The van der Waals surface area contributed by atoms with Crippen LogP contribution in [0.3, 0.4) is 0 Å². The summed E-state index contributed by atoms with van der Waals surface area (Å²) in [5, 5.41) is 17.4. The number of ether oxygens (including phenoxy) is 1. The summed E-state index contributed by atoms with van der Waals surface area (Å²) >= 11 is 5.15. The summed E-state index contributed by atoms with van der Waals surface area (Å²) in [7, 11) is 1.54. The molecular formula is C28H31N3O4S. The average Bonchev–Trinajstić information content (AvgIpc) is 2.89. The van der Waals surface area contributed by atoms with Crippen LogP contribution < -0.4 is 16.0 Å². The molecule has 0 saturated carbocycles. The van der Waals surface area contributed by atoms with E-state index in [-0.39, 0.29) is 29.1 Å². The van der Waals surface area contributed by atoms with Gasteiger partial charge in [0.15, 0.2) is 5.11 Å². The molecule has 0 fully saturated rings. The zero-order valence-electron chi connectivity index (χ0n) is 20.1. The minimum absolute atomic E-state index is 0.0540. The Morgan fingerprint density at radius 3 is 2.64 bits per heavy atom. The number of aliphatic hydroxyl groups is 1. The maximum atomic E-state index is 12.8. The number of carbonyl (C=O) groups excluding carboxylic acids is 2. The monoisotopic (exact) mass is 505 g/mol. The van der Waals surface area contributed by atoms with Gasteiger partial charge in [-0.05, 0) is 48.0 Å². The molecule has 0 bridgehead atoms. The van der Waals surface area contributed by atoms with E-state index in [9.17, 15) is 9.59 Å². The predicted molar refractivity (Wildman–Crippen MR) is 147 cm³/mol. The van der Waals surface area contributed by atoms with Crippen molar-refractivity contribution in [2.75, 3.05) is 20.3 Å². The SMILES string of the molecule is C=C/C=C(\C=C\NC(=S)NC(=O)C(/C=C\COC)=C/CO)NC(=O)C1C=CC(c2ccccc2)=CC1. The quantitative estimate of drug-likeness (QED) is 0.209. The summed E-state index contributed by atoms with van der Waals surface area (Å²) < 4.78 is 4.91. The van der Waals surface area contributed by atoms with E-state index in [1.807, 2.05) is 42.5 Å². The summed E-state index contributed by atoms with van der Waals surface area (Å²) in [5.41, 5.74) is 2.95. The molecule has 4 N–H and O–H groups in total. The van der Waals surface area contributed by atoms with Crippen molar-refractivity contribution in [3.8, 4) is 0 Å². The van der Waals surface area contributed by atoms with Gasteiger partial charge in [-0.25, -0.2) is 0 Å². The zero-order chi connectivity index (χ0) is 26.2. The summed E-state index contributed by atoms with van der Waals surface area (Å²) in [5.74, 6) is -0.926. The molecule has 2 rings (SSSR count). The fourth-order valence-electron chi connectivity index (χ4n) is 3.18. The highest BCUT2D eigenvalue weighted by atomic mass is 32.1. The Hall–Kier alpha value is -3.85. The Morgan fingerprint density at radius 2 is 2.00 bits per heavy atom. The number of hydrogen-bond acceptors (Lipinski definition) is 5. The van der Waals surface area contributed by atoms with Gasteiger partial charge in [0.25, 0.3) is 5.91 Å². The molecular weight excluding hydrogens is 474 g/mol. The summed E-state index contributed by atoms with van der Waals surface area (Å²) in [4.78, 5) is 25.1. The number of benzene rings is 1. The lowest BCUT2D eigenvalue weighted by molar-refractivity contribution is -0.122. The predicted octanol–water partition coefficient (Wildman–Crippen LogP) is 3.46. The molecule has 1 aromatic carbocycles. The molecule has 1 aliphatic rings. The Morgan fingerprint density at radius 1 is 1.22 bits per heavy atom. The molecule has 188 valence electrons. The molecule has 1 unspecified atom stereocenters. The molecule has 0 aromatic heterocycles. The minimum Gasteiger partial charge on any atom is -0.392 e. The average molecular weight is 506 g/mol. The second-order valence-electron chi connectivity index (χ2n) is 7.53. The third-order valence-corrected chi connectivity index (χ3v) is 5.17. The Labute approximate surface area is 217 Å². The second-order valence-corrected chi connectivity index (χ2v) is 7.94. The highest BCUT2D eigenvalue weighted by molar-refractivity contribution is 7.80. The number of allylic oxidation sites excluding steroid dienone is 6. The van der Waals surface area contributed by atoms with Crippen LogP contribution in [0.4, 0.5) is 0 Å². The van der Waals surface area contributed by atoms with E-state index in [4.69, 9.17) is 22.1 Å². The number of carbonyl (C=O) groups is 2. The van der Waals surface area contributed by atoms with Crippen molar-refractivity contribution in [2.24, 2.45) is 5.92 Å². The Bertz CT molecular complexity index is 1110. The topological polar surface area (TPSA) is 99.7 Å². The summed E-state index contributed by atoms with van der Waals surface area (Å²) in [6.45, 7) is 3.71. The molecule has 2 amide bonds. The number of amides is 2. The van der Waals surface area contributed by atoms with Crippen LogP contribution in [0.2, 0.25) is 0 Å². The normalized spacial score (nSPS) is 16.1. The van der Waals surface area contributed by atoms with E-state index in [0.717, 1.165) is 11.1 Å². The van der Waals surface area contributed by atoms with Gasteiger partial charge in [0.2, 0.25) is 5.91 Å². The minimum atomic E-state index is -0.482. The van der Waals surface area contributed by atoms with Gasteiger partial charge in [0.1, 0.15) is 0 Å². The molecule has 0 radical (unpaired) electrons. The summed E-state index contributed by atoms with van der Waals surface area (Å²) in [6.07, 6.45) is 17.4. The van der Waals surface area contributed by atoms with Crippen molar-refractivity contribution >= 4 is 34.7 Å². The lowest BCUT2D eigenvalue weighted by atomic mass is 9.92. The van der Waals surface area contributed by atoms with Crippen LogP contribution in [0.15, 0.2) is 109 Å². The maximum Gasteiger partial charge on any atom is 0.257 e. The molecule has 1 atom stereocenters. The number of thiocarbonyl (C=S) groups is 1. The summed E-state index contributed by atoms with van der Waals surface area (Å²) in [6, 6.07) is 10.0. The van der Waals surface area contributed by atoms with Crippen LogP contribution in [-0.4, -0.2) is 42.4 Å². The second kappa shape index (κ2) is 15.9. The third-order valence-electron chi connectivity index (χ3n) is 4.95. The molecule has 7 nitrogen and oxygen atoms in total. The Balaban J connectivity index is 1.90. The zero-order valence-corrected chi connectivity index (χ0v) is 21.0. The van der Waals surface area contributed by atoms with E-state index in [2.05, 4.69) is 28.6 Å². The maximum absolute atomic E-state index is 12.8. The molecule has 0 aliphatic heterocycles. The van der Waals surface area contributed by atoms with Crippen LogP contribution in [0.1, 0.15) is 12.0 Å². The van der Waals surface area contributed by atoms with Crippen molar-refractivity contribution < 1.29 is 19.4 Å². The van der Waals surface area contributed by atoms with Gasteiger partial charge in [-0.1, -0.05) is 73.4 Å². The molecule has 0 heterocycles. The van der Waals surface area contributed by atoms with Crippen molar-refractivity contribution in [3.05, 3.63) is 115 Å². The van der Waals surface area contributed by atoms with Crippen LogP contribution in [0, 0.1) is 5.92 Å². The van der Waals surface area contributed by atoms with Gasteiger partial charge in [0.05, 0.1) is 19.1 Å². The van der Waals surface area contributed by atoms with Crippen LogP contribution in [0.25, 0.3) is 5.57 Å². The van der Waals surface area contributed by atoms with Crippen molar-refractivity contribution in [3.63, 3.8) is 0 Å². The first-order chi connectivity index (χ1) is 17.5. The number of rotatable bonds is 11. The molecule has 36 heavy (non-hydrogen) atoms. The standard InChI is InChI=1S/C28H31N3O4S/c1-3-8-25(16-18-29-28(36)31-27(34)23(17-19-32)11-7-20-35-2)30-26(33)24-14-12-22(13-15-24)21-9-5-4-6-10-21/h3-14,16-18,24,32H,1,15,19-20H2,2H3,(H,30,33)(H2,29,31,34,36)/b11-7-,18-16+,23-17+,25-8+. The van der Waals surface area contributed by atoms with E-state index in [1.54, 1.807) is 24.3 Å². The first kappa shape index (κ1) is 28.4. The van der Waals surface area contributed by atoms with E-state index < -0.39 is 5.91 Å². The highest BCUT2D eigenvalue weighted by Crippen LogP contribution is 2.24. The van der Waals surface area contributed by atoms with Crippen molar-refractivity contribution in [2.45, 2.75) is 6.42 Å². The van der Waals surface area contributed by atoms with Gasteiger partial charge >= 0.3 is 0 Å². The van der Waals surface area contributed by atoms with Crippen LogP contribution >= 0.6 is 12.2 Å². The van der Waals surface area contributed by atoms with Gasteiger partial charge in [-0.3, -0.25) is 14.9 Å².